The van der Waals surface area contributed by atoms with E-state index in [-0.39, 0.29) is 23.0 Å². The van der Waals surface area contributed by atoms with Gasteiger partial charge in [-0.2, -0.15) is 0 Å². The summed E-state index contributed by atoms with van der Waals surface area (Å²) in [6, 6.07) is -0.210. The predicted molar refractivity (Wildman–Crippen MR) is 89.0 cm³/mol. The average Bonchev–Trinajstić information content (AvgIpc) is 2.87. The van der Waals surface area contributed by atoms with Crippen LogP contribution in [0.15, 0.2) is 0 Å². The Kier molecular flexibility index (Phi) is 5.00. The van der Waals surface area contributed by atoms with E-state index in [0.717, 1.165) is 12.8 Å². The van der Waals surface area contributed by atoms with Crippen LogP contribution in [-0.2, 0) is 4.74 Å². The Labute approximate surface area is 141 Å². The van der Waals surface area contributed by atoms with Crippen LogP contribution < -0.4 is 5.73 Å². The topological polar surface area (TPSA) is 81.3 Å². The van der Waals surface area contributed by atoms with Crippen LogP contribution in [0.25, 0.3) is 0 Å². The number of hydrogen-bond donors (Lipinski definition) is 1. The second kappa shape index (κ2) is 6.63. The molecule has 7 heteroatoms. The molecule has 1 aromatic heterocycles. The number of nitrogens with zero attached hydrogens (tertiary/aromatic N) is 3. The molecule has 0 unspecified atom stereocenters. The van der Waals surface area contributed by atoms with Gasteiger partial charge in [0.05, 0.1) is 6.04 Å². The number of nitrogen functional groups attached to an aromatic ring is 1. The number of aromatic nitrogens is 2. The van der Waals surface area contributed by atoms with E-state index in [1.165, 1.54) is 0 Å². The van der Waals surface area contributed by atoms with Crippen molar-refractivity contribution >= 4 is 23.4 Å². The van der Waals surface area contributed by atoms with Crippen LogP contribution in [-0.4, -0.2) is 39.1 Å². The maximum Gasteiger partial charge on any atom is 0.411 e. The minimum absolute atomic E-state index is 0.192. The molecule has 23 heavy (non-hydrogen) atoms. The molecule has 1 aliphatic heterocycles. The molecular weight excluding hydrogens is 316 g/mol. The summed E-state index contributed by atoms with van der Waals surface area (Å²) in [6.45, 7) is 7.88. The van der Waals surface area contributed by atoms with E-state index in [1.807, 2.05) is 20.8 Å². The van der Waals surface area contributed by atoms with Gasteiger partial charge in [-0.3, -0.25) is 4.90 Å². The van der Waals surface area contributed by atoms with Crippen LogP contribution in [0.2, 0.25) is 5.15 Å². The number of amides is 1. The summed E-state index contributed by atoms with van der Waals surface area (Å²) in [5, 5.41) is 0.192. The van der Waals surface area contributed by atoms with Crippen molar-refractivity contribution in [3.8, 4) is 11.8 Å². The molecule has 0 spiro atoms. The molecule has 0 aliphatic carbocycles. The summed E-state index contributed by atoms with van der Waals surface area (Å²) in [5.74, 6) is 6.48. The first-order valence-electron chi connectivity index (χ1n) is 7.48. The van der Waals surface area contributed by atoms with E-state index in [4.69, 9.17) is 22.1 Å². The number of nitrogens with two attached hydrogens (primary N) is 1. The van der Waals surface area contributed by atoms with E-state index >= 15 is 0 Å². The van der Waals surface area contributed by atoms with Crippen molar-refractivity contribution < 1.29 is 9.53 Å². The normalized spacial score (nSPS) is 17.6. The number of anilines is 1. The molecule has 2 heterocycles. The van der Waals surface area contributed by atoms with Crippen LogP contribution in [0.5, 0.6) is 0 Å². The Balaban J connectivity index is 2.19. The van der Waals surface area contributed by atoms with Gasteiger partial charge in [0.25, 0.3) is 0 Å². The molecule has 1 fully saturated rings. The predicted octanol–water partition coefficient (Wildman–Crippen LogP) is 2.77. The first kappa shape index (κ1) is 17.4. The van der Waals surface area contributed by atoms with Crippen molar-refractivity contribution in [2.45, 2.75) is 52.2 Å². The van der Waals surface area contributed by atoms with Crippen LogP contribution >= 0.6 is 11.6 Å². The third kappa shape index (κ3) is 4.49. The van der Waals surface area contributed by atoms with Gasteiger partial charge in [-0.25, -0.2) is 14.8 Å². The molecule has 124 valence electrons. The Morgan fingerprint density at radius 2 is 2.13 bits per heavy atom. The molecule has 0 radical (unpaired) electrons. The van der Waals surface area contributed by atoms with E-state index in [2.05, 4.69) is 21.8 Å². The summed E-state index contributed by atoms with van der Waals surface area (Å²) >= 11 is 5.94. The minimum atomic E-state index is -0.528. The number of rotatable bonds is 0. The quantitative estimate of drug-likeness (QED) is 0.582. The summed E-state index contributed by atoms with van der Waals surface area (Å²) in [6.07, 6.45) is 1.33. The number of halogens is 1. The summed E-state index contributed by atoms with van der Waals surface area (Å²) in [4.78, 5) is 22.0. The number of hydrogen-bond acceptors (Lipinski definition) is 5. The monoisotopic (exact) mass is 336 g/mol. The Morgan fingerprint density at radius 3 is 2.78 bits per heavy atom. The molecule has 1 saturated heterocycles. The molecule has 2 N–H and O–H groups in total. The molecule has 6 nitrogen and oxygen atoms in total. The maximum atomic E-state index is 12.2. The molecule has 0 aromatic carbocycles. The van der Waals surface area contributed by atoms with E-state index < -0.39 is 5.60 Å². The molecule has 0 saturated carbocycles. The SMILES string of the molecule is Cc1nc(Cl)c(N)c(C#C[C@@H]2CCCN2C(=O)OC(C)(C)C)n1. The Hall–Kier alpha value is -2.00. The lowest BCUT2D eigenvalue weighted by atomic mass is 10.2. The highest BCUT2D eigenvalue weighted by Crippen LogP contribution is 2.21. The third-order valence-corrected chi connectivity index (χ3v) is 3.54. The molecule has 1 amide bonds. The van der Waals surface area contributed by atoms with Gasteiger partial charge in [0.1, 0.15) is 22.8 Å². The van der Waals surface area contributed by atoms with E-state index in [9.17, 15) is 4.79 Å². The van der Waals surface area contributed by atoms with Crippen molar-refractivity contribution in [3.05, 3.63) is 16.7 Å². The minimum Gasteiger partial charge on any atom is -0.444 e. The first-order valence-corrected chi connectivity index (χ1v) is 7.86. The summed E-state index contributed by atoms with van der Waals surface area (Å²) in [7, 11) is 0. The average molecular weight is 337 g/mol. The number of ether oxygens (including phenoxy) is 1. The molecular formula is C16H21ClN4O2. The number of likely N-dealkylation sites (tertiary alicyclic amines) is 1. The van der Waals surface area contributed by atoms with Crippen LogP contribution in [0.4, 0.5) is 10.5 Å². The largest absolute Gasteiger partial charge is 0.444 e. The van der Waals surface area contributed by atoms with Gasteiger partial charge in [0.2, 0.25) is 0 Å². The smallest absolute Gasteiger partial charge is 0.411 e. The van der Waals surface area contributed by atoms with E-state index in [1.54, 1.807) is 11.8 Å². The van der Waals surface area contributed by atoms with Gasteiger partial charge < -0.3 is 10.5 Å². The zero-order chi connectivity index (χ0) is 17.2. The summed E-state index contributed by atoms with van der Waals surface area (Å²) < 4.78 is 5.41. The zero-order valence-corrected chi connectivity index (χ0v) is 14.6. The Bertz CT molecular complexity index is 673. The fourth-order valence-corrected chi connectivity index (χ4v) is 2.46. The highest BCUT2D eigenvalue weighted by molar-refractivity contribution is 6.32. The summed E-state index contributed by atoms with van der Waals surface area (Å²) in [5.41, 5.74) is 5.96. The van der Waals surface area contributed by atoms with Crippen molar-refractivity contribution in [3.63, 3.8) is 0 Å². The maximum absolute atomic E-state index is 12.2. The first-order chi connectivity index (χ1) is 10.7. The molecule has 1 atom stereocenters. The Morgan fingerprint density at radius 1 is 1.43 bits per heavy atom. The van der Waals surface area contributed by atoms with Crippen LogP contribution in [0.3, 0.4) is 0 Å². The molecule has 2 rings (SSSR count). The second-order valence-corrected chi connectivity index (χ2v) is 6.78. The van der Waals surface area contributed by atoms with Crippen molar-refractivity contribution in [2.75, 3.05) is 12.3 Å². The lowest BCUT2D eigenvalue weighted by Crippen LogP contribution is -2.39. The lowest BCUT2D eigenvalue weighted by molar-refractivity contribution is 0.0261. The van der Waals surface area contributed by atoms with Crippen molar-refractivity contribution in [1.29, 1.82) is 0 Å². The van der Waals surface area contributed by atoms with Gasteiger partial charge >= 0.3 is 6.09 Å². The van der Waals surface area contributed by atoms with Gasteiger partial charge in [-0.1, -0.05) is 17.5 Å². The number of carbonyl (C=O) groups is 1. The van der Waals surface area contributed by atoms with Crippen molar-refractivity contribution in [1.82, 2.24) is 14.9 Å². The van der Waals surface area contributed by atoms with Gasteiger partial charge in [-0.05, 0) is 46.5 Å². The molecule has 1 aromatic rings. The van der Waals surface area contributed by atoms with Gasteiger partial charge in [0.15, 0.2) is 5.15 Å². The molecule has 1 aliphatic rings. The number of aryl methyl sites for hydroxylation is 1. The second-order valence-electron chi connectivity index (χ2n) is 6.43. The lowest BCUT2D eigenvalue weighted by Gasteiger charge is -2.26. The van der Waals surface area contributed by atoms with Crippen LogP contribution in [0, 0.1) is 18.8 Å². The third-order valence-electron chi connectivity index (χ3n) is 3.25. The van der Waals surface area contributed by atoms with Crippen LogP contribution in [0.1, 0.15) is 45.1 Å². The number of carbonyl (C=O) groups excluding carboxylic acids is 1. The van der Waals surface area contributed by atoms with Gasteiger partial charge in [0, 0.05) is 6.54 Å². The molecule has 0 bridgehead atoms. The zero-order valence-electron chi connectivity index (χ0n) is 13.8. The highest BCUT2D eigenvalue weighted by Gasteiger charge is 2.31. The van der Waals surface area contributed by atoms with Crippen molar-refractivity contribution in [2.24, 2.45) is 0 Å². The van der Waals surface area contributed by atoms with Gasteiger partial charge in [-0.15, -0.1) is 0 Å². The van der Waals surface area contributed by atoms with E-state index in [0.29, 0.717) is 18.1 Å². The standard InChI is InChI=1S/C16H21ClN4O2/c1-10-19-12(13(18)14(17)20-10)8-7-11-6-5-9-21(11)15(22)23-16(2,3)4/h11H,5-6,9,18H2,1-4H3/t11-/m0/s1. The fourth-order valence-electron chi connectivity index (χ4n) is 2.25. The highest BCUT2D eigenvalue weighted by atomic mass is 35.5. The fraction of sp³-hybridized carbons (Fsp3) is 0.562.